The lowest BCUT2D eigenvalue weighted by Gasteiger charge is -2.06. The number of H-pyrrole nitrogens is 1. The predicted octanol–water partition coefficient (Wildman–Crippen LogP) is 0.0610. The van der Waals surface area contributed by atoms with Crippen LogP contribution in [0.1, 0.15) is 16.2 Å². The molecule has 0 aliphatic heterocycles. The minimum atomic E-state index is -3.90. The Morgan fingerprint density at radius 3 is 2.89 bits per heavy atom. The van der Waals surface area contributed by atoms with Crippen molar-refractivity contribution < 1.29 is 18.3 Å². The third kappa shape index (κ3) is 3.99. The summed E-state index contributed by atoms with van der Waals surface area (Å²) in [5, 5.41) is 14.7. The van der Waals surface area contributed by atoms with Crippen LogP contribution in [0.3, 0.4) is 0 Å². The maximum atomic E-state index is 12.0. The molecule has 0 radical (unpaired) electrons. The number of aromatic carboxylic acids is 1. The molecule has 0 spiro atoms. The molecule has 1 aromatic rings. The first-order valence-corrected chi connectivity index (χ1v) is 7.83. The van der Waals surface area contributed by atoms with Gasteiger partial charge in [-0.1, -0.05) is 5.92 Å². The Labute approximate surface area is 115 Å². The smallest absolute Gasteiger partial charge is 0.357 e. The van der Waals surface area contributed by atoms with Crippen LogP contribution in [0.15, 0.2) is 4.90 Å². The molecule has 3 N–H and O–H groups in total. The van der Waals surface area contributed by atoms with Gasteiger partial charge in [-0.2, -0.15) is 5.10 Å². The molecule has 1 rings (SSSR count). The van der Waals surface area contributed by atoms with Crippen molar-refractivity contribution in [1.29, 1.82) is 0 Å². The average Bonchev–Trinajstić information content (AvgIpc) is 2.71. The van der Waals surface area contributed by atoms with Gasteiger partial charge in [0.15, 0.2) is 5.69 Å². The van der Waals surface area contributed by atoms with Gasteiger partial charge in [0.05, 0.1) is 11.4 Å². The minimum Gasteiger partial charge on any atom is -0.476 e. The van der Waals surface area contributed by atoms with Crippen molar-refractivity contribution in [3.63, 3.8) is 0 Å². The number of carbonyl (C=O) groups is 1. The summed E-state index contributed by atoms with van der Waals surface area (Å²) in [4.78, 5) is 10.6. The van der Waals surface area contributed by atoms with Crippen LogP contribution in [0.5, 0.6) is 0 Å². The summed E-state index contributed by atoms with van der Waals surface area (Å²) >= 11 is 1.40. The van der Waals surface area contributed by atoms with Gasteiger partial charge in [0.2, 0.25) is 10.0 Å². The van der Waals surface area contributed by atoms with Crippen LogP contribution < -0.4 is 4.72 Å². The zero-order valence-corrected chi connectivity index (χ0v) is 11.8. The van der Waals surface area contributed by atoms with Crippen molar-refractivity contribution in [1.82, 2.24) is 14.9 Å². The first-order valence-electron chi connectivity index (χ1n) is 5.19. The molecular formula is C10H13N3O4S2. The number of terminal acetylenes is 1. The molecule has 19 heavy (non-hydrogen) atoms. The molecule has 0 aromatic carbocycles. The number of thioether (sulfide) groups is 1. The number of sulfonamides is 1. The number of hydrogen-bond acceptors (Lipinski definition) is 5. The number of rotatable bonds is 7. The molecule has 0 amide bonds. The second kappa shape index (κ2) is 6.60. The maximum absolute atomic E-state index is 12.0. The van der Waals surface area contributed by atoms with Crippen LogP contribution in [0.25, 0.3) is 0 Å². The summed E-state index contributed by atoms with van der Waals surface area (Å²) in [7, 11) is -3.90. The largest absolute Gasteiger partial charge is 0.476 e. The third-order valence-corrected chi connectivity index (χ3v) is 4.57. The standard InChI is InChI=1S/C10H13N3O4S2/c1-3-5-18-6-4-11-19(16,17)9-7(2)12-13-8(9)10(14)15/h1,11H,4-6H2,2H3,(H,12,13)(H,14,15). The Bertz CT molecular complexity index is 601. The fourth-order valence-corrected chi connectivity index (χ4v) is 3.33. The van der Waals surface area contributed by atoms with Gasteiger partial charge in [0.25, 0.3) is 0 Å². The van der Waals surface area contributed by atoms with Crippen molar-refractivity contribution in [2.75, 3.05) is 18.1 Å². The Morgan fingerprint density at radius 2 is 2.32 bits per heavy atom. The van der Waals surface area contributed by atoms with Crippen molar-refractivity contribution in [3.05, 3.63) is 11.4 Å². The highest BCUT2D eigenvalue weighted by Gasteiger charge is 2.27. The number of nitrogens with one attached hydrogen (secondary N) is 2. The van der Waals surface area contributed by atoms with Crippen molar-refractivity contribution >= 4 is 27.8 Å². The van der Waals surface area contributed by atoms with E-state index >= 15 is 0 Å². The topological polar surface area (TPSA) is 112 Å². The second-order valence-corrected chi connectivity index (χ2v) is 6.29. The van der Waals surface area contributed by atoms with Crippen LogP contribution in [-0.2, 0) is 10.0 Å². The summed E-state index contributed by atoms with van der Waals surface area (Å²) in [6.45, 7) is 1.61. The summed E-state index contributed by atoms with van der Waals surface area (Å²) in [6, 6.07) is 0. The monoisotopic (exact) mass is 303 g/mol. The minimum absolute atomic E-state index is 0.165. The van der Waals surface area contributed by atoms with E-state index in [0.717, 1.165) is 0 Å². The second-order valence-electron chi connectivity index (χ2n) is 3.49. The summed E-state index contributed by atoms with van der Waals surface area (Å²) in [6.07, 6.45) is 5.06. The molecule has 9 heteroatoms. The maximum Gasteiger partial charge on any atom is 0.357 e. The predicted molar refractivity (Wildman–Crippen MR) is 71.6 cm³/mol. The van der Waals surface area contributed by atoms with E-state index in [4.69, 9.17) is 11.5 Å². The van der Waals surface area contributed by atoms with Crippen molar-refractivity contribution in [3.8, 4) is 12.3 Å². The lowest BCUT2D eigenvalue weighted by Crippen LogP contribution is -2.27. The Kier molecular flexibility index (Phi) is 5.41. The molecule has 0 aliphatic carbocycles. The van der Waals surface area contributed by atoms with Gasteiger partial charge in [-0.05, 0) is 6.92 Å². The van der Waals surface area contributed by atoms with E-state index < -0.39 is 21.7 Å². The van der Waals surface area contributed by atoms with E-state index in [0.29, 0.717) is 11.5 Å². The highest BCUT2D eigenvalue weighted by Crippen LogP contribution is 2.17. The van der Waals surface area contributed by atoms with Gasteiger partial charge in [0, 0.05) is 12.3 Å². The molecule has 7 nitrogen and oxygen atoms in total. The van der Waals surface area contributed by atoms with Gasteiger partial charge in [-0.15, -0.1) is 18.2 Å². The average molecular weight is 303 g/mol. The zero-order chi connectivity index (χ0) is 14.5. The molecular weight excluding hydrogens is 290 g/mol. The quantitative estimate of drug-likeness (QED) is 0.485. The van der Waals surface area contributed by atoms with E-state index in [1.807, 2.05) is 0 Å². The number of carboxylic acids is 1. The molecule has 1 aromatic heterocycles. The van der Waals surface area contributed by atoms with Crippen LogP contribution >= 0.6 is 11.8 Å². The van der Waals surface area contributed by atoms with E-state index in [1.165, 1.54) is 18.7 Å². The highest BCUT2D eigenvalue weighted by atomic mass is 32.2. The van der Waals surface area contributed by atoms with Crippen LogP contribution in [0.2, 0.25) is 0 Å². The molecule has 0 bridgehead atoms. The molecule has 0 atom stereocenters. The van der Waals surface area contributed by atoms with E-state index in [1.54, 1.807) is 0 Å². The van der Waals surface area contributed by atoms with Crippen molar-refractivity contribution in [2.45, 2.75) is 11.8 Å². The highest BCUT2D eigenvalue weighted by molar-refractivity contribution is 7.99. The molecule has 0 aliphatic rings. The van der Waals surface area contributed by atoms with Gasteiger partial charge in [-0.3, -0.25) is 5.10 Å². The fraction of sp³-hybridized carbons (Fsp3) is 0.400. The lowest BCUT2D eigenvalue weighted by atomic mass is 10.4. The fourth-order valence-electron chi connectivity index (χ4n) is 1.34. The van der Waals surface area contributed by atoms with Crippen LogP contribution in [-0.4, -0.2) is 47.7 Å². The molecule has 1 heterocycles. The van der Waals surface area contributed by atoms with Gasteiger partial charge >= 0.3 is 5.97 Å². The first-order chi connectivity index (χ1) is 8.90. The number of carboxylic acid groups (broad SMARTS) is 1. The van der Waals surface area contributed by atoms with Crippen LogP contribution in [0, 0.1) is 19.3 Å². The molecule has 104 valence electrons. The number of nitrogens with zero attached hydrogens (tertiary/aromatic N) is 1. The Balaban J connectivity index is 2.81. The summed E-state index contributed by atoms with van der Waals surface area (Å²) < 4.78 is 26.3. The first kappa shape index (κ1) is 15.6. The van der Waals surface area contributed by atoms with E-state index in [-0.39, 0.29) is 17.1 Å². The van der Waals surface area contributed by atoms with Gasteiger partial charge in [-0.25, -0.2) is 17.9 Å². The summed E-state index contributed by atoms with van der Waals surface area (Å²) in [5.74, 6) is 2.02. The summed E-state index contributed by atoms with van der Waals surface area (Å²) in [5.41, 5.74) is -0.331. The molecule has 0 unspecified atom stereocenters. The third-order valence-electron chi connectivity index (χ3n) is 2.09. The molecule has 0 saturated heterocycles. The Morgan fingerprint density at radius 1 is 1.63 bits per heavy atom. The Hall–Kier alpha value is -1.50. The number of hydrogen-bond donors (Lipinski definition) is 3. The van der Waals surface area contributed by atoms with Gasteiger partial charge < -0.3 is 5.11 Å². The normalized spacial score (nSPS) is 11.2. The van der Waals surface area contributed by atoms with E-state index in [2.05, 4.69) is 20.8 Å². The number of aromatic nitrogens is 2. The van der Waals surface area contributed by atoms with Gasteiger partial charge in [0.1, 0.15) is 4.90 Å². The molecule has 0 saturated carbocycles. The van der Waals surface area contributed by atoms with Crippen molar-refractivity contribution in [2.24, 2.45) is 0 Å². The number of aryl methyl sites for hydroxylation is 1. The van der Waals surface area contributed by atoms with E-state index in [9.17, 15) is 13.2 Å². The zero-order valence-electron chi connectivity index (χ0n) is 10.1. The number of aromatic amines is 1. The lowest BCUT2D eigenvalue weighted by molar-refractivity contribution is 0.0686. The SMILES string of the molecule is C#CCSCCNS(=O)(=O)c1c(C(=O)O)n[nH]c1C. The molecule has 0 fully saturated rings. The van der Waals surface area contributed by atoms with Crippen LogP contribution in [0.4, 0.5) is 0 Å².